The first kappa shape index (κ1) is 24.9. The molecule has 1 aliphatic rings. The summed E-state index contributed by atoms with van der Waals surface area (Å²) in [6, 6.07) is 10.4. The Morgan fingerprint density at radius 1 is 1.21 bits per heavy atom. The van der Waals surface area contributed by atoms with Crippen LogP contribution < -0.4 is 10.0 Å². The van der Waals surface area contributed by atoms with E-state index in [0.29, 0.717) is 6.54 Å². The molecule has 8 heteroatoms. The topological polar surface area (TPSA) is 73.8 Å². The van der Waals surface area contributed by atoms with Gasteiger partial charge in [0.25, 0.3) is 0 Å². The maximum absolute atomic E-state index is 11.5. The summed E-state index contributed by atoms with van der Waals surface area (Å²) in [5, 5.41) is 3.33. The van der Waals surface area contributed by atoms with Crippen molar-refractivity contribution in [3.8, 4) is 0 Å². The maximum atomic E-state index is 11.5. The average Bonchev–Trinajstić information content (AvgIpc) is 2.58. The molecule has 28 heavy (non-hydrogen) atoms. The zero-order valence-corrected chi connectivity index (χ0v) is 20.4. The highest BCUT2D eigenvalue weighted by atomic mass is 127. The number of aliphatic imine (C=N–C) groups is 1. The third-order valence-corrected chi connectivity index (χ3v) is 5.22. The van der Waals surface area contributed by atoms with Gasteiger partial charge in [-0.15, -0.1) is 24.0 Å². The molecule has 0 saturated carbocycles. The van der Waals surface area contributed by atoms with Crippen LogP contribution in [-0.4, -0.2) is 57.3 Å². The van der Waals surface area contributed by atoms with Crippen molar-refractivity contribution in [2.24, 2.45) is 4.99 Å². The Hall–Kier alpha value is -1.13. The van der Waals surface area contributed by atoms with E-state index < -0.39 is 15.6 Å². The van der Waals surface area contributed by atoms with Crippen molar-refractivity contribution in [2.45, 2.75) is 39.2 Å². The summed E-state index contributed by atoms with van der Waals surface area (Å²) in [4.78, 5) is 6.94. The number of hydrogen-bond acceptors (Lipinski definition) is 3. The zero-order chi connectivity index (χ0) is 19.9. The molecule has 0 atom stereocenters. The summed E-state index contributed by atoms with van der Waals surface area (Å²) >= 11 is 0. The first-order valence-electron chi connectivity index (χ1n) is 9.45. The van der Waals surface area contributed by atoms with Gasteiger partial charge in [0.15, 0.2) is 5.96 Å². The van der Waals surface area contributed by atoms with Crippen molar-refractivity contribution in [3.05, 3.63) is 41.5 Å². The summed E-state index contributed by atoms with van der Waals surface area (Å²) in [6.07, 6.45) is 5.46. The van der Waals surface area contributed by atoms with E-state index in [1.165, 1.54) is 17.4 Å². The molecule has 0 radical (unpaired) electrons. The van der Waals surface area contributed by atoms with Gasteiger partial charge in [-0.25, -0.2) is 13.1 Å². The average molecular weight is 520 g/mol. The predicted octanol–water partition coefficient (Wildman–Crippen LogP) is 3.08. The van der Waals surface area contributed by atoms with Gasteiger partial charge in [-0.2, -0.15) is 0 Å². The highest BCUT2D eigenvalue weighted by Gasteiger charge is 2.23. The summed E-state index contributed by atoms with van der Waals surface area (Å²) in [5.74, 6) is 0.847. The lowest BCUT2D eigenvalue weighted by Crippen LogP contribution is -2.48. The minimum atomic E-state index is -3.26. The zero-order valence-electron chi connectivity index (χ0n) is 17.2. The third-order valence-electron chi connectivity index (χ3n) is 4.30. The fourth-order valence-electron chi connectivity index (χ4n) is 3.17. The summed E-state index contributed by atoms with van der Waals surface area (Å²) in [5.41, 5.74) is 2.07. The van der Waals surface area contributed by atoms with Crippen molar-refractivity contribution in [3.63, 3.8) is 0 Å². The molecule has 1 saturated heterocycles. The normalized spacial score (nSPS) is 15.8. The van der Waals surface area contributed by atoms with Crippen LogP contribution in [0.25, 0.3) is 6.08 Å². The van der Waals surface area contributed by atoms with Crippen LogP contribution in [0.15, 0.2) is 40.9 Å². The van der Waals surface area contributed by atoms with E-state index in [1.54, 1.807) is 0 Å². The van der Waals surface area contributed by atoms with Gasteiger partial charge >= 0.3 is 0 Å². The van der Waals surface area contributed by atoms with E-state index in [4.69, 9.17) is 0 Å². The molecule has 1 fully saturated rings. The first-order valence-corrected chi connectivity index (χ1v) is 11.3. The van der Waals surface area contributed by atoms with Crippen LogP contribution >= 0.6 is 24.0 Å². The van der Waals surface area contributed by atoms with Crippen LogP contribution in [0, 0.1) is 0 Å². The molecule has 1 aromatic carbocycles. The van der Waals surface area contributed by atoms with Crippen molar-refractivity contribution >= 4 is 46.0 Å². The molecule has 1 aromatic rings. The van der Waals surface area contributed by atoms with Crippen LogP contribution in [0.1, 0.15) is 39.2 Å². The molecule has 0 unspecified atom stereocenters. The van der Waals surface area contributed by atoms with Crippen molar-refractivity contribution < 1.29 is 8.42 Å². The second-order valence-corrected chi connectivity index (χ2v) is 9.38. The van der Waals surface area contributed by atoms with E-state index in [-0.39, 0.29) is 24.0 Å². The van der Waals surface area contributed by atoms with E-state index in [0.717, 1.165) is 38.4 Å². The Kier molecular flexibility index (Phi) is 9.92. The number of hydrogen-bond donors (Lipinski definition) is 2. The summed E-state index contributed by atoms with van der Waals surface area (Å²) < 4.78 is 25.7. The molecule has 0 aliphatic carbocycles. The second kappa shape index (κ2) is 11.2. The standard InChI is InChI=1S/C20H32N4O2S.HI/c1-5-21-19(22-16-20(2,3)23-27(4,25)26)24-13-11-18(12-14-24)15-17-9-7-6-8-10-17;/h6-10,15,23H,5,11-14,16H2,1-4H3,(H,21,22);1H. The molecule has 1 heterocycles. The van der Waals surface area contributed by atoms with Gasteiger partial charge < -0.3 is 10.2 Å². The number of benzene rings is 1. The molecule has 2 N–H and O–H groups in total. The van der Waals surface area contributed by atoms with Crippen molar-refractivity contribution in [1.29, 1.82) is 0 Å². The van der Waals surface area contributed by atoms with Gasteiger partial charge in [-0.05, 0) is 39.2 Å². The van der Waals surface area contributed by atoms with Crippen molar-refractivity contribution in [1.82, 2.24) is 14.9 Å². The van der Waals surface area contributed by atoms with E-state index >= 15 is 0 Å². The largest absolute Gasteiger partial charge is 0.357 e. The van der Waals surface area contributed by atoms with Crippen LogP contribution in [0.4, 0.5) is 0 Å². The lowest BCUT2D eigenvalue weighted by atomic mass is 10.0. The lowest BCUT2D eigenvalue weighted by Gasteiger charge is -2.32. The first-order chi connectivity index (χ1) is 12.7. The van der Waals surface area contributed by atoms with Crippen LogP contribution in [0.5, 0.6) is 0 Å². The quantitative estimate of drug-likeness (QED) is 0.344. The molecule has 6 nitrogen and oxygen atoms in total. The van der Waals surface area contributed by atoms with Crippen LogP contribution in [0.2, 0.25) is 0 Å². The number of rotatable bonds is 6. The molecule has 0 bridgehead atoms. The Morgan fingerprint density at radius 3 is 2.36 bits per heavy atom. The van der Waals surface area contributed by atoms with Gasteiger partial charge in [-0.1, -0.05) is 42.0 Å². The van der Waals surface area contributed by atoms with Crippen LogP contribution in [0.3, 0.4) is 0 Å². The molecule has 158 valence electrons. The summed E-state index contributed by atoms with van der Waals surface area (Å²) in [6.45, 7) is 8.71. The number of halogens is 1. The monoisotopic (exact) mass is 520 g/mol. The number of nitrogens with zero attached hydrogens (tertiary/aromatic N) is 2. The van der Waals surface area contributed by atoms with Gasteiger partial charge in [-0.3, -0.25) is 4.99 Å². The highest BCUT2D eigenvalue weighted by molar-refractivity contribution is 14.0. The van der Waals surface area contributed by atoms with E-state index in [9.17, 15) is 8.42 Å². The molecule has 0 spiro atoms. The number of sulfonamides is 1. The molecule has 0 aromatic heterocycles. The number of nitrogens with one attached hydrogen (secondary N) is 2. The number of guanidine groups is 1. The third kappa shape index (κ3) is 8.91. The minimum absolute atomic E-state index is 0. The maximum Gasteiger partial charge on any atom is 0.209 e. The van der Waals surface area contributed by atoms with E-state index in [2.05, 4.69) is 50.3 Å². The van der Waals surface area contributed by atoms with E-state index in [1.807, 2.05) is 26.8 Å². The predicted molar refractivity (Wildman–Crippen MR) is 129 cm³/mol. The van der Waals surface area contributed by atoms with Gasteiger partial charge in [0.1, 0.15) is 0 Å². The van der Waals surface area contributed by atoms with Gasteiger partial charge in [0.05, 0.1) is 12.8 Å². The fourth-order valence-corrected chi connectivity index (χ4v) is 4.24. The molecular weight excluding hydrogens is 487 g/mol. The van der Waals surface area contributed by atoms with Gasteiger partial charge in [0.2, 0.25) is 10.0 Å². The minimum Gasteiger partial charge on any atom is -0.357 e. The molecule has 1 aliphatic heterocycles. The second-order valence-electron chi connectivity index (χ2n) is 7.63. The lowest BCUT2D eigenvalue weighted by molar-refractivity contribution is 0.372. The molecular formula is C20H33IN4O2S. The Morgan fingerprint density at radius 2 is 1.82 bits per heavy atom. The molecule has 0 amide bonds. The fraction of sp³-hybridized carbons (Fsp3) is 0.550. The Bertz CT molecular complexity index is 767. The summed E-state index contributed by atoms with van der Waals surface area (Å²) in [7, 11) is -3.26. The Balaban J connectivity index is 0.00000392. The highest BCUT2D eigenvalue weighted by Crippen LogP contribution is 2.19. The molecule has 2 rings (SSSR count). The SMILES string of the molecule is CCNC(=NCC(C)(C)NS(C)(=O)=O)N1CCC(=Cc2ccccc2)CC1.I. The number of likely N-dealkylation sites (tertiary alicyclic amines) is 1. The Labute approximate surface area is 187 Å². The van der Waals surface area contributed by atoms with Crippen molar-refractivity contribution in [2.75, 3.05) is 32.4 Å². The smallest absolute Gasteiger partial charge is 0.209 e. The van der Waals surface area contributed by atoms with Crippen LogP contribution in [-0.2, 0) is 10.0 Å². The van der Waals surface area contributed by atoms with Gasteiger partial charge in [0, 0.05) is 25.2 Å². The number of piperidine rings is 1.